The molecule has 0 bridgehead atoms. The summed E-state index contributed by atoms with van der Waals surface area (Å²) in [6.45, 7) is 2.35. The average molecular weight is 309 g/mol. The molecule has 0 aromatic heterocycles. The number of rotatable bonds is 5. The first-order valence-electron chi connectivity index (χ1n) is 8.22. The van der Waals surface area contributed by atoms with Gasteiger partial charge in [0.25, 0.3) is 0 Å². The summed E-state index contributed by atoms with van der Waals surface area (Å²) in [7, 11) is 2.09. The fraction of sp³-hybridized carbons (Fsp3) is 0.350. The standard InChI is InChI=1S/C20H23NO2/c1-21(13-11-16-7-3-2-4-8-16)15-17-12-14-23-19-10-6-5-9-18(19)20(17)22/h2-10,17H,11-15H2,1H3. The second kappa shape index (κ2) is 7.42. The zero-order chi connectivity index (χ0) is 16.1. The highest BCUT2D eigenvalue weighted by Crippen LogP contribution is 2.27. The Balaban J connectivity index is 1.60. The van der Waals surface area contributed by atoms with Crippen molar-refractivity contribution in [2.75, 3.05) is 26.7 Å². The van der Waals surface area contributed by atoms with Gasteiger partial charge in [-0.05, 0) is 37.6 Å². The summed E-state index contributed by atoms with van der Waals surface area (Å²) in [6.07, 6.45) is 1.79. The van der Waals surface area contributed by atoms with Gasteiger partial charge in [0.2, 0.25) is 0 Å². The van der Waals surface area contributed by atoms with Gasteiger partial charge >= 0.3 is 0 Å². The first-order valence-corrected chi connectivity index (χ1v) is 8.22. The first kappa shape index (κ1) is 15.8. The van der Waals surface area contributed by atoms with Crippen LogP contribution in [0.3, 0.4) is 0 Å². The van der Waals surface area contributed by atoms with Crippen LogP contribution in [-0.4, -0.2) is 37.4 Å². The third-order valence-corrected chi connectivity index (χ3v) is 4.40. The maximum atomic E-state index is 12.7. The lowest BCUT2D eigenvalue weighted by atomic mass is 9.94. The summed E-state index contributed by atoms with van der Waals surface area (Å²) in [5, 5.41) is 0. The van der Waals surface area contributed by atoms with Gasteiger partial charge in [-0.15, -0.1) is 0 Å². The highest BCUT2D eigenvalue weighted by atomic mass is 16.5. The predicted molar refractivity (Wildman–Crippen MR) is 92.0 cm³/mol. The lowest BCUT2D eigenvalue weighted by Gasteiger charge is -2.22. The van der Waals surface area contributed by atoms with E-state index in [0.717, 1.165) is 37.2 Å². The molecule has 0 fully saturated rings. The van der Waals surface area contributed by atoms with Crippen LogP contribution in [0.2, 0.25) is 0 Å². The summed E-state index contributed by atoms with van der Waals surface area (Å²) in [5.74, 6) is 0.955. The maximum absolute atomic E-state index is 12.7. The number of benzene rings is 2. The van der Waals surface area contributed by atoms with Gasteiger partial charge in [-0.1, -0.05) is 42.5 Å². The molecule has 2 aromatic carbocycles. The predicted octanol–water partition coefficient (Wildman–Crippen LogP) is 3.44. The van der Waals surface area contributed by atoms with E-state index < -0.39 is 0 Å². The molecule has 0 aliphatic carbocycles. The van der Waals surface area contributed by atoms with Crippen molar-refractivity contribution in [1.82, 2.24) is 4.90 Å². The van der Waals surface area contributed by atoms with Crippen LogP contribution in [0.4, 0.5) is 0 Å². The molecule has 0 saturated carbocycles. The van der Waals surface area contributed by atoms with E-state index in [-0.39, 0.29) is 11.7 Å². The van der Waals surface area contributed by atoms with Gasteiger partial charge in [0.1, 0.15) is 5.75 Å². The minimum absolute atomic E-state index is 0.0134. The molecule has 2 aromatic rings. The number of hydrogen-bond acceptors (Lipinski definition) is 3. The van der Waals surface area contributed by atoms with E-state index in [4.69, 9.17) is 4.74 Å². The summed E-state index contributed by atoms with van der Waals surface area (Å²) < 4.78 is 5.72. The normalized spacial score (nSPS) is 17.5. The van der Waals surface area contributed by atoms with Gasteiger partial charge in [0.15, 0.2) is 5.78 Å². The highest BCUT2D eigenvalue weighted by Gasteiger charge is 2.27. The number of ether oxygens (including phenoxy) is 1. The molecule has 120 valence electrons. The smallest absolute Gasteiger partial charge is 0.171 e. The van der Waals surface area contributed by atoms with E-state index in [1.54, 1.807) is 0 Å². The average Bonchev–Trinajstić information content (AvgIpc) is 2.74. The van der Waals surface area contributed by atoms with Crippen molar-refractivity contribution in [1.29, 1.82) is 0 Å². The molecule has 0 spiro atoms. The van der Waals surface area contributed by atoms with Gasteiger partial charge in [-0.25, -0.2) is 0 Å². The number of carbonyl (C=O) groups excluding carboxylic acids is 1. The Kier molecular flexibility index (Phi) is 5.09. The molecular weight excluding hydrogens is 286 g/mol. The lowest BCUT2D eigenvalue weighted by Crippen LogP contribution is -2.32. The molecule has 1 atom stereocenters. The third kappa shape index (κ3) is 3.99. The Labute approximate surface area is 137 Å². The number of para-hydroxylation sites is 1. The molecule has 3 rings (SSSR count). The van der Waals surface area contributed by atoms with E-state index in [1.807, 2.05) is 30.3 Å². The number of Topliss-reactive ketones (excluding diaryl/α,β-unsaturated/α-hetero) is 1. The summed E-state index contributed by atoms with van der Waals surface area (Å²) in [6, 6.07) is 18.0. The van der Waals surface area contributed by atoms with Crippen LogP contribution in [0.1, 0.15) is 22.3 Å². The number of carbonyl (C=O) groups is 1. The van der Waals surface area contributed by atoms with Crippen molar-refractivity contribution in [3.05, 3.63) is 65.7 Å². The van der Waals surface area contributed by atoms with Gasteiger partial charge in [-0.2, -0.15) is 0 Å². The summed E-state index contributed by atoms with van der Waals surface area (Å²) >= 11 is 0. The fourth-order valence-corrected chi connectivity index (χ4v) is 3.06. The third-order valence-electron chi connectivity index (χ3n) is 4.40. The van der Waals surface area contributed by atoms with Gasteiger partial charge in [0.05, 0.1) is 12.2 Å². The molecule has 1 heterocycles. The molecule has 0 radical (unpaired) electrons. The van der Waals surface area contributed by atoms with Crippen LogP contribution in [0.25, 0.3) is 0 Å². The number of nitrogens with zero attached hydrogens (tertiary/aromatic N) is 1. The van der Waals surface area contributed by atoms with E-state index in [1.165, 1.54) is 5.56 Å². The Morgan fingerprint density at radius 3 is 2.65 bits per heavy atom. The Bertz CT molecular complexity index is 654. The molecule has 1 unspecified atom stereocenters. The van der Waals surface area contributed by atoms with Crippen molar-refractivity contribution < 1.29 is 9.53 Å². The second-order valence-corrected chi connectivity index (χ2v) is 6.19. The molecule has 0 saturated heterocycles. The highest BCUT2D eigenvalue weighted by molar-refractivity contribution is 6.00. The van der Waals surface area contributed by atoms with Crippen molar-refractivity contribution in [2.45, 2.75) is 12.8 Å². The van der Waals surface area contributed by atoms with Crippen molar-refractivity contribution >= 4 is 5.78 Å². The SMILES string of the molecule is CN(CCc1ccccc1)CC1CCOc2ccccc2C1=O. The largest absolute Gasteiger partial charge is 0.493 e. The Hall–Kier alpha value is -2.13. The summed E-state index contributed by atoms with van der Waals surface area (Å²) in [4.78, 5) is 15.0. The van der Waals surface area contributed by atoms with Crippen LogP contribution in [0.15, 0.2) is 54.6 Å². The van der Waals surface area contributed by atoms with Gasteiger partial charge < -0.3 is 9.64 Å². The first-order chi connectivity index (χ1) is 11.2. The van der Waals surface area contributed by atoms with Crippen LogP contribution in [-0.2, 0) is 6.42 Å². The van der Waals surface area contributed by atoms with Crippen LogP contribution >= 0.6 is 0 Å². The van der Waals surface area contributed by atoms with Crippen LogP contribution < -0.4 is 4.74 Å². The van der Waals surface area contributed by atoms with Crippen molar-refractivity contribution in [3.63, 3.8) is 0 Å². The van der Waals surface area contributed by atoms with Crippen molar-refractivity contribution in [2.24, 2.45) is 5.92 Å². The minimum Gasteiger partial charge on any atom is -0.493 e. The van der Waals surface area contributed by atoms with E-state index in [2.05, 4.69) is 36.2 Å². The van der Waals surface area contributed by atoms with E-state index >= 15 is 0 Å². The Morgan fingerprint density at radius 1 is 1.09 bits per heavy atom. The molecule has 0 N–H and O–H groups in total. The molecular formula is C20H23NO2. The number of hydrogen-bond donors (Lipinski definition) is 0. The van der Waals surface area contributed by atoms with Gasteiger partial charge in [-0.3, -0.25) is 4.79 Å². The maximum Gasteiger partial charge on any atom is 0.171 e. The zero-order valence-corrected chi connectivity index (χ0v) is 13.6. The Morgan fingerprint density at radius 2 is 1.83 bits per heavy atom. The molecule has 3 nitrogen and oxygen atoms in total. The fourth-order valence-electron chi connectivity index (χ4n) is 3.06. The second-order valence-electron chi connectivity index (χ2n) is 6.19. The topological polar surface area (TPSA) is 29.5 Å². The minimum atomic E-state index is 0.0134. The summed E-state index contributed by atoms with van der Waals surface area (Å²) in [5.41, 5.74) is 2.06. The molecule has 0 amide bonds. The molecule has 23 heavy (non-hydrogen) atoms. The monoisotopic (exact) mass is 309 g/mol. The van der Waals surface area contributed by atoms with Crippen LogP contribution in [0.5, 0.6) is 5.75 Å². The zero-order valence-electron chi connectivity index (χ0n) is 13.6. The van der Waals surface area contributed by atoms with Crippen LogP contribution in [0, 0.1) is 5.92 Å². The van der Waals surface area contributed by atoms with Gasteiger partial charge in [0, 0.05) is 19.0 Å². The molecule has 1 aliphatic rings. The molecule has 3 heteroatoms. The number of ketones is 1. The van der Waals surface area contributed by atoms with E-state index in [9.17, 15) is 4.79 Å². The quantitative estimate of drug-likeness (QED) is 0.847. The van der Waals surface area contributed by atoms with Crippen molar-refractivity contribution in [3.8, 4) is 5.75 Å². The number of fused-ring (bicyclic) bond motifs is 1. The van der Waals surface area contributed by atoms with E-state index in [0.29, 0.717) is 6.61 Å². The number of likely N-dealkylation sites (N-methyl/N-ethyl adjacent to an activating group) is 1. The lowest BCUT2D eigenvalue weighted by molar-refractivity contribution is 0.0884. The molecule has 1 aliphatic heterocycles.